The average molecular weight is 292 g/mol. The summed E-state index contributed by atoms with van der Waals surface area (Å²) in [7, 11) is -5.20. The van der Waals surface area contributed by atoms with Crippen molar-refractivity contribution in [1.82, 2.24) is 0 Å². The fourth-order valence-corrected chi connectivity index (χ4v) is 2.09. The standard InChI is InChI=1S/C10H10F2N2O4S/c1-10(2-3-10)13-9-7(11)4-6(19(12,17)18)5-8(9)14(15)16/h4-5,13H,2-3H2,1H3. The van der Waals surface area contributed by atoms with E-state index in [0.29, 0.717) is 25.0 Å². The van der Waals surface area contributed by atoms with Crippen LogP contribution in [0.4, 0.5) is 19.7 Å². The first-order valence-electron chi connectivity index (χ1n) is 5.33. The third-order valence-corrected chi connectivity index (χ3v) is 3.75. The van der Waals surface area contributed by atoms with Crippen molar-refractivity contribution in [3.63, 3.8) is 0 Å². The van der Waals surface area contributed by atoms with Crippen molar-refractivity contribution in [1.29, 1.82) is 0 Å². The topological polar surface area (TPSA) is 89.3 Å². The molecule has 1 aromatic carbocycles. The maximum atomic E-state index is 13.8. The fourth-order valence-electron chi connectivity index (χ4n) is 1.59. The summed E-state index contributed by atoms with van der Waals surface area (Å²) in [5.74, 6) is -1.17. The normalized spacial score (nSPS) is 17.0. The van der Waals surface area contributed by atoms with Crippen molar-refractivity contribution in [2.24, 2.45) is 0 Å². The molecule has 0 aliphatic heterocycles. The van der Waals surface area contributed by atoms with E-state index in [1.807, 2.05) is 0 Å². The minimum Gasteiger partial charge on any atom is -0.372 e. The largest absolute Gasteiger partial charge is 0.372 e. The highest BCUT2D eigenvalue weighted by atomic mass is 32.3. The Kier molecular flexibility index (Phi) is 2.96. The van der Waals surface area contributed by atoms with Crippen LogP contribution in [0.1, 0.15) is 19.8 Å². The molecule has 0 unspecified atom stereocenters. The van der Waals surface area contributed by atoms with Gasteiger partial charge in [0.15, 0.2) is 5.82 Å². The Bertz CT molecular complexity index is 656. The Balaban J connectivity index is 2.57. The second-order valence-electron chi connectivity index (χ2n) is 4.68. The van der Waals surface area contributed by atoms with Gasteiger partial charge in [-0.25, -0.2) is 4.39 Å². The van der Waals surface area contributed by atoms with E-state index in [1.165, 1.54) is 0 Å². The molecule has 0 aromatic heterocycles. The molecular formula is C10H10F2N2O4S. The number of benzene rings is 1. The summed E-state index contributed by atoms with van der Waals surface area (Å²) in [5.41, 5.74) is -1.66. The van der Waals surface area contributed by atoms with Gasteiger partial charge in [0.25, 0.3) is 5.69 Å². The van der Waals surface area contributed by atoms with Gasteiger partial charge in [0, 0.05) is 11.6 Å². The number of anilines is 1. The van der Waals surface area contributed by atoms with E-state index >= 15 is 0 Å². The van der Waals surface area contributed by atoms with Crippen LogP contribution in [-0.2, 0) is 10.2 Å². The van der Waals surface area contributed by atoms with Crippen molar-refractivity contribution < 1.29 is 21.6 Å². The van der Waals surface area contributed by atoms with Crippen LogP contribution in [0.2, 0.25) is 0 Å². The average Bonchev–Trinajstić information content (AvgIpc) is 2.97. The summed E-state index contributed by atoms with van der Waals surface area (Å²) in [6.07, 6.45) is 1.43. The summed E-state index contributed by atoms with van der Waals surface area (Å²) >= 11 is 0. The summed E-state index contributed by atoms with van der Waals surface area (Å²) in [6.45, 7) is 1.75. The number of hydrogen-bond acceptors (Lipinski definition) is 5. The lowest BCUT2D eigenvalue weighted by molar-refractivity contribution is -0.384. The molecule has 1 aromatic rings. The van der Waals surface area contributed by atoms with E-state index in [9.17, 15) is 26.8 Å². The van der Waals surface area contributed by atoms with Crippen LogP contribution in [0.15, 0.2) is 17.0 Å². The first-order valence-corrected chi connectivity index (χ1v) is 6.71. The van der Waals surface area contributed by atoms with Crippen LogP contribution in [0.3, 0.4) is 0 Å². The van der Waals surface area contributed by atoms with E-state index in [2.05, 4.69) is 5.32 Å². The molecule has 0 spiro atoms. The molecule has 104 valence electrons. The Morgan fingerprint density at radius 1 is 1.42 bits per heavy atom. The van der Waals surface area contributed by atoms with Crippen molar-refractivity contribution in [2.75, 3.05) is 5.32 Å². The number of nitro benzene ring substituents is 1. The summed E-state index contributed by atoms with van der Waals surface area (Å²) in [6, 6.07) is 0.933. The van der Waals surface area contributed by atoms with Crippen LogP contribution in [0.25, 0.3) is 0 Å². The molecule has 0 saturated heterocycles. The van der Waals surface area contributed by atoms with Gasteiger partial charge in [0.05, 0.1) is 4.92 Å². The van der Waals surface area contributed by atoms with Crippen molar-refractivity contribution >= 4 is 21.6 Å². The van der Waals surface area contributed by atoms with Gasteiger partial charge in [-0.2, -0.15) is 8.42 Å². The number of hydrogen-bond donors (Lipinski definition) is 1. The Morgan fingerprint density at radius 3 is 2.42 bits per heavy atom. The number of halogens is 2. The zero-order chi connectivity index (χ0) is 14.4. The minimum absolute atomic E-state index is 0.419. The predicted octanol–water partition coefficient (Wildman–Crippen LogP) is 2.36. The lowest BCUT2D eigenvalue weighted by atomic mass is 10.2. The molecule has 1 aliphatic rings. The highest BCUT2D eigenvalue weighted by Crippen LogP contribution is 2.42. The zero-order valence-corrected chi connectivity index (χ0v) is 10.6. The van der Waals surface area contributed by atoms with E-state index in [-0.39, 0.29) is 0 Å². The first-order chi connectivity index (χ1) is 8.62. The van der Waals surface area contributed by atoms with Gasteiger partial charge < -0.3 is 5.32 Å². The quantitative estimate of drug-likeness (QED) is 0.522. The molecule has 0 atom stereocenters. The number of rotatable bonds is 4. The second-order valence-corrected chi connectivity index (χ2v) is 6.03. The molecule has 0 amide bonds. The number of nitrogens with one attached hydrogen (secondary N) is 1. The van der Waals surface area contributed by atoms with Gasteiger partial charge >= 0.3 is 10.2 Å². The molecule has 0 heterocycles. The van der Waals surface area contributed by atoms with E-state index in [4.69, 9.17) is 0 Å². The third-order valence-electron chi connectivity index (χ3n) is 2.95. The monoisotopic (exact) mass is 292 g/mol. The van der Waals surface area contributed by atoms with Gasteiger partial charge in [-0.1, -0.05) is 0 Å². The molecule has 1 aliphatic carbocycles. The fraction of sp³-hybridized carbons (Fsp3) is 0.400. The SMILES string of the molecule is CC1(Nc2c(F)cc(S(=O)(=O)F)cc2[N+](=O)[O-])CC1. The van der Waals surface area contributed by atoms with Gasteiger partial charge in [0.1, 0.15) is 10.6 Å². The molecule has 6 nitrogen and oxygen atoms in total. The zero-order valence-electron chi connectivity index (χ0n) is 9.81. The van der Waals surface area contributed by atoms with Crippen LogP contribution in [-0.4, -0.2) is 18.9 Å². The van der Waals surface area contributed by atoms with Gasteiger partial charge in [-0.05, 0) is 25.8 Å². The second kappa shape index (κ2) is 4.12. The number of nitro groups is 1. The van der Waals surface area contributed by atoms with Gasteiger partial charge in [-0.3, -0.25) is 10.1 Å². The van der Waals surface area contributed by atoms with Crippen molar-refractivity contribution in [2.45, 2.75) is 30.2 Å². The maximum Gasteiger partial charge on any atom is 0.332 e. The Labute approximate surface area is 107 Å². The molecular weight excluding hydrogens is 282 g/mol. The van der Waals surface area contributed by atoms with Gasteiger partial charge in [-0.15, -0.1) is 3.89 Å². The molecule has 1 N–H and O–H groups in total. The predicted molar refractivity (Wildman–Crippen MR) is 62.6 cm³/mol. The Hall–Kier alpha value is -1.77. The van der Waals surface area contributed by atoms with E-state index < -0.39 is 42.8 Å². The van der Waals surface area contributed by atoms with Crippen molar-refractivity contribution in [3.8, 4) is 0 Å². The highest BCUT2D eigenvalue weighted by molar-refractivity contribution is 7.86. The summed E-state index contributed by atoms with van der Waals surface area (Å²) < 4.78 is 47.9. The van der Waals surface area contributed by atoms with Gasteiger partial charge in [0.2, 0.25) is 0 Å². The Morgan fingerprint density at radius 2 is 2.00 bits per heavy atom. The molecule has 2 rings (SSSR count). The lowest BCUT2D eigenvalue weighted by Crippen LogP contribution is -2.18. The van der Waals surface area contributed by atoms with Crippen LogP contribution in [0.5, 0.6) is 0 Å². The lowest BCUT2D eigenvalue weighted by Gasteiger charge is -2.14. The third kappa shape index (κ3) is 2.80. The summed E-state index contributed by atoms with van der Waals surface area (Å²) in [4.78, 5) is 8.82. The van der Waals surface area contributed by atoms with Crippen LogP contribution < -0.4 is 5.32 Å². The molecule has 1 fully saturated rings. The van der Waals surface area contributed by atoms with E-state index in [1.54, 1.807) is 6.92 Å². The van der Waals surface area contributed by atoms with E-state index in [0.717, 1.165) is 0 Å². The number of nitrogens with zero attached hydrogens (tertiary/aromatic N) is 1. The molecule has 1 saturated carbocycles. The molecule has 0 radical (unpaired) electrons. The molecule has 9 heteroatoms. The molecule has 0 bridgehead atoms. The van der Waals surface area contributed by atoms with Crippen LogP contribution >= 0.6 is 0 Å². The van der Waals surface area contributed by atoms with Crippen molar-refractivity contribution in [3.05, 3.63) is 28.1 Å². The smallest absolute Gasteiger partial charge is 0.332 e. The molecule has 19 heavy (non-hydrogen) atoms. The first kappa shape index (κ1) is 13.7. The van der Waals surface area contributed by atoms with Crippen LogP contribution in [0, 0.1) is 15.9 Å². The summed E-state index contributed by atoms with van der Waals surface area (Å²) in [5, 5.41) is 13.5. The maximum absolute atomic E-state index is 13.8. The minimum atomic E-state index is -5.20. The highest BCUT2D eigenvalue weighted by Gasteiger charge is 2.40.